The lowest BCUT2D eigenvalue weighted by Gasteiger charge is -2.24. The molecule has 322 valence electrons. The van der Waals surface area contributed by atoms with Crippen LogP contribution in [0.2, 0.25) is 0 Å². The number of aliphatic carboxylic acids is 2. The Hall–Kier alpha value is -7.11. The van der Waals surface area contributed by atoms with Crippen LogP contribution in [0.15, 0.2) is 36.8 Å². The van der Waals surface area contributed by atoms with Gasteiger partial charge in [0.2, 0.25) is 47.3 Å². The van der Waals surface area contributed by atoms with Gasteiger partial charge >= 0.3 is 11.9 Å². The van der Waals surface area contributed by atoms with Crippen LogP contribution in [-0.2, 0) is 60.8 Å². The highest BCUT2D eigenvalue weighted by Gasteiger charge is 2.33. The zero-order chi connectivity index (χ0) is 44.4. The summed E-state index contributed by atoms with van der Waals surface area (Å²) in [6, 6.07) is -3.98. The van der Waals surface area contributed by atoms with Crippen molar-refractivity contribution in [3.8, 4) is 5.75 Å². The standard InChI is InChI=1S/C35H49N11O13/c1-16(2)7-20(36)30(53)43-22(10-26(37)48)33(56)45-24(12-29(51)52)31(54)40-14-28(50)42-21(9-18-13-39-15-41-18)32(55)44-23(11-27(38)49)34(57)46-25(35(58)59)8-17-3-5-19(47)6-4-17/h3-6,13,15-16,20-25,47H,7-12,14,36H2,1-2H3,(H2,37,48)(H2,38,49)(H,39,41)(H,40,54)(H,42,50)(H,43,53)(H,44,55)(H,45,56)(H,46,57)(H,51,52)(H,58,59)/t20-,21-,22-,23-,24-,25-/m0/s1. The van der Waals surface area contributed by atoms with Gasteiger partial charge < -0.3 is 69.4 Å². The van der Waals surface area contributed by atoms with Crippen LogP contribution in [0.25, 0.3) is 0 Å². The summed E-state index contributed by atoms with van der Waals surface area (Å²) in [4.78, 5) is 132. The summed E-state index contributed by atoms with van der Waals surface area (Å²) in [5.74, 6) is -11.6. The number of carboxylic acid groups (broad SMARTS) is 2. The van der Waals surface area contributed by atoms with Crippen LogP contribution >= 0.6 is 0 Å². The van der Waals surface area contributed by atoms with E-state index in [1.165, 1.54) is 36.8 Å². The van der Waals surface area contributed by atoms with E-state index in [-0.39, 0.29) is 36.6 Å². The highest BCUT2D eigenvalue weighted by molar-refractivity contribution is 5.98. The van der Waals surface area contributed by atoms with Crippen molar-refractivity contribution in [1.82, 2.24) is 41.9 Å². The van der Waals surface area contributed by atoms with Gasteiger partial charge in [-0.2, -0.15) is 0 Å². The number of carbonyl (C=O) groups excluding carboxylic acids is 8. The van der Waals surface area contributed by atoms with Crippen molar-refractivity contribution in [3.05, 3.63) is 48.0 Å². The molecule has 24 nitrogen and oxygen atoms in total. The Balaban J connectivity index is 2.20. The van der Waals surface area contributed by atoms with Gasteiger partial charge in [-0.25, -0.2) is 9.78 Å². The van der Waals surface area contributed by atoms with Crippen LogP contribution < -0.4 is 49.1 Å². The number of nitrogens with two attached hydrogens (primary N) is 3. The number of phenols is 1. The van der Waals surface area contributed by atoms with Crippen LogP contribution in [0.5, 0.6) is 5.75 Å². The molecule has 0 aliphatic carbocycles. The summed E-state index contributed by atoms with van der Waals surface area (Å²) in [5, 5.41) is 42.0. The molecular weight excluding hydrogens is 782 g/mol. The molecule has 8 amide bonds. The summed E-state index contributed by atoms with van der Waals surface area (Å²) < 4.78 is 0. The molecule has 59 heavy (non-hydrogen) atoms. The first-order valence-corrected chi connectivity index (χ1v) is 18.0. The van der Waals surface area contributed by atoms with E-state index < -0.39 is 121 Å². The Morgan fingerprint density at radius 1 is 0.678 bits per heavy atom. The Morgan fingerprint density at radius 2 is 1.19 bits per heavy atom. The maximum absolute atomic E-state index is 13.5. The minimum Gasteiger partial charge on any atom is -0.508 e. The van der Waals surface area contributed by atoms with Crippen molar-refractivity contribution < 1.29 is 63.3 Å². The number of hydrogen-bond acceptors (Lipinski definition) is 13. The van der Waals surface area contributed by atoms with Crippen molar-refractivity contribution in [2.75, 3.05) is 6.54 Å². The maximum atomic E-state index is 13.5. The molecule has 0 aliphatic rings. The topological polar surface area (TPSA) is 410 Å². The second-order valence-electron chi connectivity index (χ2n) is 13.7. The third-order valence-corrected chi connectivity index (χ3v) is 8.19. The highest BCUT2D eigenvalue weighted by atomic mass is 16.4. The average Bonchev–Trinajstić information content (AvgIpc) is 3.65. The van der Waals surface area contributed by atoms with Crippen molar-refractivity contribution >= 4 is 59.2 Å². The Labute approximate surface area is 336 Å². The first-order chi connectivity index (χ1) is 27.6. The van der Waals surface area contributed by atoms with Crippen molar-refractivity contribution in [2.45, 2.75) is 88.6 Å². The lowest BCUT2D eigenvalue weighted by Crippen LogP contribution is -2.58. The normalized spacial score (nSPS) is 13.9. The number of aromatic hydroxyl groups is 1. The molecule has 0 aliphatic heterocycles. The molecule has 1 aromatic heterocycles. The predicted molar refractivity (Wildman–Crippen MR) is 202 cm³/mol. The number of nitrogens with zero attached hydrogens (tertiary/aromatic N) is 1. The van der Waals surface area contributed by atoms with Crippen LogP contribution in [0.3, 0.4) is 0 Å². The molecule has 1 aromatic carbocycles. The first-order valence-electron chi connectivity index (χ1n) is 18.0. The van der Waals surface area contributed by atoms with Crippen molar-refractivity contribution in [2.24, 2.45) is 23.1 Å². The van der Waals surface area contributed by atoms with Gasteiger partial charge in [-0.3, -0.25) is 43.2 Å². The first kappa shape index (κ1) is 48.0. The van der Waals surface area contributed by atoms with Gasteiger partial charge in [-0.15, -0.1) is 0 Å². The lowest BCUT2D eigenvalue weighted by atomic mass is 10.0. The van der Waals surface area contributed by atoms with Crippen molar-refractivity contribution in [3.63, 3.8) is 0 Å². The largest absolute Gasteiger partial charge is 0.508 e. The fourth-order valence-electron chi connectivity index (χ4n) is 5.34. The van der Waals surface area contributed by atoms with Crippen LogP contribution in [0.1, 0.15) is 50.8 Å². The monoisotopic (exact) mass is 831 g/mol. The molecule has 6 atom stereocenters. The second-order valence-corrected chi connectivity index (χ2v) is 13.7. The van der Waals surface area contributed by atoms with Gasteiger partial charge in [0.25, 0.3) is 0 Å². The smallest absolute Gasteiger partial charge is 0.326 e. The minimum atomic E-state index is -1.86. The molecule has 1 heterocycles. The summed E-state index contributed by atoms with van der Waals surface area (Å²) in [5.41, 5.74) is 17.1. The van der Waals surface area contributed by atoms with E-state index in [0.717, 1.165) is 0 Å². The predicted octanol–water partition coefficient (Wildman–Crippen LogP) is -4.88. The third kappa shape index (κ3) is 17.7. The molecule has 16 N–H and O–H groups in total. The number of phenolic OH excluding ortho intramolecular Hbond substituents is 1. The quantitative estimate of drug-likeness (QED) is 0.0446. The molecule has 0 fully saturated rings. The van der Waals surface area contributed by atoms with E-state index in [9.17, 15) is 63.3 Å². The van der Waals surface area contributed by atoms with Gasteiger partial charge in [0.15, 0.2) is 0 Å². The molecular formula is C35H49N11O13. The number of benzene rings is 1. The number of carboxylic acids is 2. The molecule has 24 heteroatoms. The summed E-state index contributed by atoms with van der Waals surface area (Å²) in [6.07, 6.45) is -0.341. The van der Waals surface area contributed by atoms with Gasteiger partial charge in [0, 0.05) is 24.7 Å². The highest BCUT2D eigenvalue weighted by Crippen LogP contribution is 2.12. The number of hydrogen-bond donors (Lipinski definition) is 13. The third-order valence-electron chi connectivity index (χ3n) is 8.19. The number of H-pyrrole nitrogens is 1. The van der Waals surface area contributed by atoms with E-state index in [4.69, 9.17) is 17.2 Å². The van der Waals surface area contributed by atoms with Gasteiger partial charge in [0.05, 0.1) is 38.2 Å². The Morgan fingerprint density at radius 3 is 1.66 bits per heavy atom. The Bertz CT molecular complexity index is 1840. The van der Waals surface area contributed by atoms with E-state index >= 15 is 0 Å². The molecule has 0 radical (unpaired) electrons. The Kier molecular flexibility index (Phi) is 18.9. The fourth-order valence-corrected chi connectivity index (χ4v) is 5.34. The fraction of sp³-hybridized carbons (Fsp3) is 0.457. The lowest BCUT2D eigenvalue weighted by molar-refractivity contribution is -0.142. The zero-order valence-corrected chi connectivity index (χ0v) is 32.1. The average molecular weight is 832 g/mol. The summed E-state index contributed by atoms with van der Waals surface area (Å²) in [7, 11) is 0. The molecule has 2 aromatic rings. The SMILES string of the molecule is CC(C)C[C@H](N)C(=O)N[C@@H](CC(N)=O)C(=O)N[C@@H](CC(=O)O)C(=O)NCC(=O)N[C@@H](Cc1cnc[nH]1)C(=O)N[C@@H](CC(N)=O)C(=O)N[C@@H](Cc1ccc(O)cc1)C(=O)O. The molecule has 0 unspecified atom stereocenters. The number of carbonyl (C=O) groups is 10. The molecule has 0 bridgehead atoms. The molecule has 0 saturated carbocycles. The van der Waals surface area contributed by atoms with E-state index in [0.29, 0.717) is 5.56 Å². The van der Waals surface area contributed by atoms with Crippen LogP contribution in [0, 0.1) is 5.92 Å². The number of amides is 8. The molecule has 0 spiro atoms. The van der Waals surface area contributed by atoms with Gasteiger partial charge in [0.1, 0.15) is 36.0 Å². The summed E-state index contributed by atoms with van der Waals surface area (Å²) >= 11 is 0. The van der Waals surface area contributed by atoms with Crippen molar-refractivity contribution in [1.29, 1.82) is 0 Å². The van der Waals surface area contributed by atoms with Crippen LogP contribution in [0.4, 0.5) is 0 Å². The molecule has 0 saturated heterocycles. The number of aromatic amines is 1. The molecule has 2 rings (SSSR count). The maximum Gasteiger partial charge on any atom is 0.326 e. The number of nitrogens with one attached hydrogen (secondary N) is 7. The number of rotatable bonds is 25. The van der Waals surface area contributed by atoms with Gasteiger partial charge in [-0.05, 0) is 30.0 Å². The minimum absolute atomic E-state index is 0.0112. The van der Waals surface area contributed by atoms with Gasteiger partial charge in [-0.1, -0.05) is 26.0 Å². The van der Waals surface area contributed by atoms with Crippen LogP contribution in [-0.4, -0.2) is 127 Å². The number of primary amides is 2. The van der Waals surface area contributed by atoms with E-state index in [2.05, 4.69) is 41.9 Å². The van der Waals surface area contributed by atoms with E-state index in [1.807, 2.05) is 0 Å². The number of aromatic nitrogens is 2. The summed E-state index contributed by atoms with van der Waals surface area (Å²) in [6.45, 7) is 2.67. The number of imidazole rings is 1. The zero-order valence-electron chi connectivity index (χ0n) is 32.1. The second kappa shape index (κ2) is 23.2. The van der Waals surface area contributed by atoms with E-state index in [1.54, 1.807) is 13.8 Å².